The van der Waals surface area contributed by atoms with Crippen LogP contribution in [0.5, 0.6) is 5.75 Å². The lowest BCUT2D eigenvalue weighted by Crippen LogP contribution is -2.35. The molecule has 1 aromatic carbocycles. The smallest absolute Gasteiger partial charge is 0.337 e. The number of nitrogens with zero attached hydrogens (tertiary/aromatic N) is 2. The van der Waals surface area contributed by atoms with Gasteiger partial charge in [-0.2, -0.15) is 5.10 Å². The highest BCUT2D eigenvalue weighted by molar-refractivity contribution is 5.78. The molecule has 0 fully saturated rings. The van der Waals surface area contributed by atoms with E-state index in [-0.39, 0.29) is 6.61 Å². The minimum absolute atomic E-state index is 0.226. The molecule has 0 spiro atoms. The number of ether oxygens (including phenoxy) is 3. The Morgan fingerprint density at radius 2 is 1.96 bits per heavy atom. The number of carbonyl (C=O) groups is 1. The average Bonchev–Trinajstić information content (AvgIpc) is 3.01. The van der Waals surface area contributed by atoms with Crippen LogP contribution in [0.15, 0.2) is 30.3 Å². The van der Waals surface area contributed by atoms with Crippen molar-refractivity contribution in [1.29, 1.82) is 0 Å². The molecule has 2 aromatic rings. The van der Waals surface area contributed by atoms with Crippen molar-refractivity contribution < 1.29 is 19.0 Å². The molecule has 0 amide bonds. The molecule has 142 valence electrons. The van der Waals surface area contributed by atoms with Gasteiger partial charge in [-0.3, -0.25) is 4.68 Å². The Balaban J connectivity index is 2.29. The molecule has 0 bridgehead atoms. The highest BCUT2D eigenvalue weighted by atomic mass is 16.6. The van der Waals surface area contributed by atoms with Gasteiger partial charge in [-0.15, -0.1) is 0 Å². The van der Waals surface area contributed by atoms with Crippen molar-refractivity contribution in [3.63, 3.8) is 0 Å². The second kappa shape index (κ2) is 8.36. The maximum atomic E-state index is 11.8. The molecule has 0 radical (unpaired) electrons. The predicted octanol–water partition coefficient (Wildman–Crippen LogP) is 3.68. The fourth-order valence-electron chi connectivity index (χ4n) is 2.60. The fourth-order valence-corrected chi connectivity index (χ4v) is 2.60. The number of esters is 1. The van der Waals surface area contributed by atoms with Crippen LogP contribution in [0.25, 0.3) is 11.3 Å². The molecule has 0 aliphatic heterocycles. The van der Waals surface area contributed by atoms with Gasteiger partial charge < -0.3 is 14.2 Å². The highest BCUT2D eigenvalue weighted by Crippen LogP contribution is 2.26. The van der Waals surface area contributed by atoms with Gasteiger partial charge in [0, 0.05) is 12.1 Å². The lowest BCUT2D eigenvalue weighted by Gasteiger charge is -2.21. The summed E-state index contributed by atoms with van der Waals surface area (Å²) in [6, 6.07) is 9.87. The number of hydrogen-bond donors (Lipinski definition) is 0. The molecule has 0 saturated heterocycles. The van der Waals surface area contributed by atoms with E-state index in [0.717, 1.165) is 29.2 Å². The summed E-state index contributed by atoms with van der Waals surface area (Å²) < 4.78 is 17.8. The van der Waals surface area contributed by atoms with E-state index in [4.69, 9.17) is 14.2 Å². The molecule has 26 heavy (non-hydrogen) atoms. The highest BCUT2D eigenvalue weighted by Gasteiger charge is 2.30. The van der Waals surface area contributed by atoms with Crippen molar-refractivity contribution in [3.05, 3.63) is 36.0 Å². The van der Waals surface area contributed by atoms with Crippen LogP contribution < -0.4 is 4.74 Å². The molecular formula is C20H28N2O4. The number of benzene rings is 1. The molecule has 0 unspecified atom stereocenters. The minimum atomic E-state index is -1.02. The fraction of sp³-hybridized carbons (Fsp3) is 0.500. The maximum Gasteiger partial charge on any atom is 0.337 e. The lowest BCUT2D eigenvalue weighted by atomic mass is 10.1. The van der Waals surface area contributed by atoms with Gasteiger partial charge >= 0.3 is 5.97 Å². The first kappa shape index (κ1) is 20.0. The number of methoxy groups -OCH3 is 2. The Labute approximate surface area is 155 Å². The molecule has 1 heterocycles. The molecule has 0 aliphatic rings. The number of carbonyl (C=O) groups excluding carboxylic acids is 1. The first-order chi connectivity index (χ1) is 12.3. The molecule has 0 N–H and O–H groups in total. The minimum Gasteiger partial charge on any atom is -0.497 e. The van der Waals surface area contributed by atoms with Crippen LogP contribution in [-0.2, 0) is 27.4 Å². The van der Waals surface area contributed by atoms with E-state index in [1.807, 2.05) is 35.0 Å². The van der Waals surface area contributed by atoms with E-state index in [9.17, 15) is 4.79 Å². The quantitative estimate of drug-likeness (QED) is 0.672. The summed E-state index contributed by atoms with van der Waals surface area (Å²) >= 11 is 0. The lowest BCUT2D eigenvalue weighted by molar-refractivity contribution is -0.166. The van der Waals surface area contributed by atoms with Gasteiger partial charge in [0.15, 0.2) is 5.60 Å². The van der Waals surface area contributed by atoms with Gasteiger partial charge in [-0.05, 0) is 38.0 Å². The van der Waals surface area contributed by atoms with E-state index in [1.165, 1.54) is 7.11 Å². The first-order valence-corrected chi connectivity index (χ1v) is 8.70. The van der Waals surface area contributed by atoms with Crippen molar-refractivity contribution >= 4 is 5.97 Å². The summed E-state index contributed by atoms with van der Waals surface area (Å²) in [4.78, 5) is 11.8. The van der Waals surface area contributed by atoms with E-state index in [1.54, 1.807) is 21.0 Å². The second-order valence-corrected chi connectivity index (χ2v) is 7.12. The van der Waals surface area contributed by atoms with Crippen LogP contribution in [0.1, 0.15) is 33.4 Å². The molecule has 0 atom stereocenters. The number of rotatable bonds is 8. The number of aromatic nitrogens is 2. The molecule has 0 saturated carbocycles. The molecule has 6 heteroatoms. The van der Waals surface area contributed by atoms with Gasteiger partial charge in [0.25, 0.3) is 0 Å². The van der Waals surface area contributed by atoms with E-state index in [2.05, 4.69) is 18.9 Å². The molecule has 6 nitrogen and oxygen atoms in total. The zero-order chi connectivity index (χ0) is 19.3. The normalized spacial score (nSPS) is 11.7. The summed E-state index contributed by atoms with van der Waals surface area (Å²) in [6.07, 6.45) is 0. The van der Waals surface area contributed by atoms with Crippen molar-refractivity contribution in [2.24, 2.45) is 5.92 Å². The summed E-state index contributed by atoms with van der Waals surface area (Å²) in [5, 5.41) is 4.67. The van der Waals surface area contributed by atoms with Crippen molar-refractivity contribution in [3.8, 4) is 17.0 Å². The third kappa shape index (κ3) is 4.85. The Kier molecular flexibility index (Phi) is 6.42. The number of hydrogen-bond acceptors (Lipinski definition) is 5. The second-order valence-electron chi connectivity index (χ2n) is 7.12. The zero-order valence-electron chi connectivity index (χ0n) is 16.4. The monoisotopic (exact) mass is 360 g/mol. The topological polar surface area (TPSA) is 62.6 Å². The van der Waals surface area contributed by atoms with E-state index >= 15 is 0 Å². The summed E-state index contributed by atoms with van der Waals surface area (Å²) in [7, 11) is 3.00. The Hall–Kier alpha value is -2.34. The molecule has 0 aliphatic carbocycles. The van der Waals surface area contributed by atoms with Crippen LogP contribution >= 0.6 is 0 Å². The van der Waals surface area contributed by atoms with Crippen LogP contribution in [-0.4, -0.2) is 35.6 Å². The van der Waals surface area contributed by atoms with Crippen LogP contribution in [0, 0.1) is 5.92 Å². The summed E-state index contributed by atoms with van der Waals surface area (Å²) in [5.74, 6) is 0.830. The van der Waals surface area contributed by atoms with Gasteiger partial charge in [0.1, 0.15) is 5.75 Å². The maximum absolute atomic E-state index is 11.8. The Bertz CT molecular complexity index is 750. The van der Waals surface area contributed by atoms with Gasteiger partial charge in [-0.25, -0.2) is 4.79 Å². The summed E-state index contributed by atoms with van der Waals surface area (Å²) in [5.41, 5.74) is 1.76. The van der Waals surface area contributed by atoms with E-state index < -0.39 is 11.6 Å². The van der Waals surface area contributed by atoms with Crippen molar-refractivity contribution in [2.45, 2.75) is 46.4 Å². The average molecular weight is 360 g/mol. The van der Waals surface area contributed by atoms with Gasteiger partial charge in [0.2, 0.25) is 0 Å². The van der Waals surface area contributed by atoms with Crippen molar-refractivity contribution in [2.75, 3.05) is 14.2 Å². The standard InChI is InChI=1S/C20H28N2O4/c1-14(2)12-22-18(15-8-7-9-17(10-15)24-5)11-16(21-22)13-26-20(3,4)19(23)25-6/h7-11,14H,12-13H2,1-6H3. The SMILES string of the molecule is COC(=O)C(C)(C)OCc1cc(-c2cccc(OC)c2)n(CC(C)C)n1. The van der Waals surface area contributed by atoms with Gasteiger partial charge in [0.05, 0.1) is 32.2 Å². The third-order valence-corrected chi connectivity index (χ3v) is 3.99. The molecule has 2 rings (SSSR count). The molecule has 1 aromatic heterocycles. The largest absolute Gasteiger partial charge is 0.497 e. The first-order valence-electron chi connectivity index (χ1n) is 8.70. The zero-order valence-corrected chi connectivity index (χ0v) is 16.4. The van der Waals surface area contributed by atoms with Gasteiger partial charge in [-0.1, -0.05) is 26.0 Å². The molecular weight excluding hydrogens is 332 g/mol. The third-order valence-electron chi connectivity index (χ3n) is 3.99. The van der Waals surface area contributed by atoms with Crippen LogP contribution in [0.2, 0.25) is 0 Å². The van der Waals surface area contributed by atoms with E-state index in [0.29, 0.717) is 5.92 Å². The summed E-state index contributed by atoms with van der Waals surface area (Å²) in [6.45, 7) is 8.68. The Morgan fingerprint density at radius 3 is 2.58 bits per heavy atom. The van der Waals surface area contributed by atoms with Crippen LogP contribution in [0.4, 0.5) is 0 Å². The predicted molar refractivity (Wildman–Crippen MR) is 99.9 cm³/mol. The Morgan fingerprint density at radius 1 is 1.23 bits per heavy atom. The van der Waals surface area contributed by atoms with Crippen LogP contribution in [0.3, 0.4) is 0 Å². The van der Waals surface area contributed by atoms with Crippen molar-refractivity contribution in [1.82, 2.24) is 9.78 Å².